The van der Waals surface area contributed by atoms with E-state index in [1.54, 1.807) is 4.68 Å². The topological polar surface area (TPSA) is 55.1 Å². The van der Waals surface area contributed by atoms with Crippen LogP contribution in [0.4, 0.5) is 0 Å². The van der Waals surface area contributed by atoms with E-state index in [-0.39, 0.29) is 0 Å². The van der Waals surface area contributed by atoms with Gasteiger partial charge in [0.05, 0.1) is 15.9 Å². The van der Waals surface area contributed by atoms with Crippen molar-refractivity contribution in [1.29, 1.82) is 0 Å². The molecule has 0 saturated heterocycles. The molecule has 0 saturated carbocycles. The van der Waals surface area contributed by atoms with E-state index >= 15 is 0 Å². The highest BCUT2D eigenvalue weighted by molar-refractivity contribution is 9.10. The lowest BCUT2D eigenvalue weighted by Gasteiger charge is -2.14. The highest BCUT2D eigenvalue weighted by Crippen LogP contribution is 2.25. The Morgan fingerprint density at radius 2 is 2.19 bits per heavy atom. The molecule has 0 aromatic carbocycles. The van der Waals surface area contributed by atoms with E-state index in [0.717, 1.165) is 28.7 Å². The van der Waals surface area contributed by atoms with Gasteiger partial charge < -0.3 is 5.11 Å². The zero-order valence-electron chi connectivity index (χ0n) is 9.83. The maximum atomic E-state index is 11.2. The lowest BCUT2D eigenvalue weighted by atomic mass is 10.1. The summed E-state index contributed by atoms with van der Waals surface area (Å²) in [6.45, 7) is 5.80. The number of carboxylic acids is 1. The average molecular weight is 289 g/mol. The molecule has 0 spiro atoms. The fourth-order valence-electron chi connectivity index (χ4n) is 1.69. The largest absolute Gasteiger partial charge is 0.480 e. The van der Waals surface area contributed by atoms with E-state index < -0.39 is 12.0 Å². The molecule has 0 amide bonds. The van der Waals surface area contributed by atoms with Crippen LogP contribution in [-0.2, 0) is 4.79 Å². The molecular weight excluding hydrogens is 272 g/mol. The molecule has 0 aliphatic heterocycles. The molecule has 0 radical (unpaired) electrons. The Kier molecular flexibility index (Phi) is 4.53. The molecule has 1 aromatic heterocycles. The summed E-state index contributed by atoms with van der Waals surface area (Å²) in [7, 11) is 0. The summed E-state index contributed by atoms with van der Waals surface area (Å²) in [6, 6.07) is -0.551. The molecule has 4 nitrogen and oxygen atoms in total. The minimum Gasteiger partial charge on any atom is -0.480 e. The Morgan fingerprint density at radius 1 is 1.56 bits per heavy atom. The SMILES string of the molecule is CCCCC(C(=O)O)n1nc(C)c(Br)c1C. The van der Waals surface area contributed by atoms with Gasteiger partial charge in [0, 0.05) is 0 Å². The first kappa shape index (κ1) is 13.2. The summed E-state index contributed by atoms with van der Waals surface area (Å²) in [5.74, 6) is -0.813. The Hall–Kier alpha value is -0.840. The number of nitrogens with zero attached hydrogens (tertiary/aromatic N) is 2. The number of aliphatic carboxylic acids is 1. The van der Waals surface area contributed by atoms with E-state index in [9.17, 15) is 9.90 Å². The average Bonchev–Trinajstić information content (AvgIpc) is 2.47. The molecule has 1 heterocycles. The third-order valence-corrected chi connectivity index (χ3v) is 3.80. The first-order chi connectivity index (χ1) is 7.49. The molecule has 0 fully saturated rings. The van der Waals surface area contributed by atoms with Crippen LogP contribution in [0.3, 0.4) is 0 Å². The highest BCUT2D eigenvalue weighted by atomic mass is 79.9. The second kappa shape index (κ2) is 5.48. The van der Waals surface area contributed by atoms with E-state index in [4.69, 9.17) is 0 Å². The number of aryl methyl sites for hydroxylation is 1. The molecule has 0 aliphatic carbocycles. The molecule has 0 aliphatic rings. The Labute approximate surface area is 104 Å². The van der Waals surface area contributed by atoms with Crippen LogP contribution in [0.15, 0.2) is 4.47 Å². The number of carboxylic acid groups (broad SMARTS) is 1. The normalized spacial score (nSPS) is 12.8. The Bertz CT molecular complexity index is 388. The quantitative estimate of drug-likeness (QED) is 0.906. The fraction of sp³-hybridized carbons (Fsp3) is 0.636. The lowest BCUT2D eigenvalue weighted by molar-refractivity contribution is -0.141. The van der Waals surface area contributed by atoms with Crippen molar-refractivity contribution >= 4 is 21.9 Å². The number of aromatic nitrogens is 2. The first-order valence-corrected chi connectivity index (χ1v) is 6.22. The molecule has 1 N–H and O–H groups in total. The number of hydrogen-bond donors (Lipinski definition) is 1. The van der Waals surface area contributed by atoms with Gasteiger partial charge in [0.2, 0.25) is 0 Å². The van der Waals surface area contributed by atoms with Gasteiger partial charge in [-0.2, -0.15) is 5.10 Å². The van der Waals surface area contributed by atoms with Gasteiger partial charge in [-0.25, -0.2) is 4.79 Å². The summed E-state index contributed by atoms with van der Waals surface area (Å²) in [5, 5.41) is 13.5. The lowest BCUT2D eigenvalue weighted by Crippen LogP contribution is -2.21. The van der Waals surface area contributed by atoms with Gasteiger partial charge in [-0.1, -0.05) is 19.8 Å². The van der Waals surface area contributed by atoms with Gasteiger partial charge in [0.25, 0.3) is 0 Å². The van der Waals surface area contributed by atoms with Crippen molar-refractivity contribution in [3.8, 4) is 0 Å². The fourth-order valence-corrected chi connectivity index (χ4v) is 1.96. The van der Waals surface area contributed by atoms with E-state index in [1.807, 2.05) is 13.8 Å². The molecular formula is C11H17BrN2O2. The van der Waals surface area contributed by atoms with Crippen molar-refractivity contribution in [2.45, 2.75) is 46.1 Å². The molecule has 0 bridgehead atoms. The van der Waals surface area contributed by atoms with Crippen LogP contribution in [0.5, 0.6) is 0 Å². The predicted octanol–water partition coefficient (Wildman–Crippen LogP) is 3.08. The minimum absolute atomic E-state index is 0.551. The van der Waals surface area contributed by atoms with Gasteiger partial charge in [0.1, 0.15) is 6.04 Å². The molecule has 1 aromatic rings. The monoisotopic (exact) mass is 288 g/mol. The van der Waals surface area contributed by atoms with Crippen LogP contribution in [0.1, 0.15) is 43.6 Å². The summed E-state index contributed by atoms with van der Waals surface area (Å²) in [4.78, 5) is 11.2. The Balaban J connectivity index is 3.01. The summed E-state index contributed by atoms with van der Waals surface area (Å²) < 4.78 is 2.51. The molecule has 5 heteroatoms. The van der Waals surface area contributed by atoms with Gasteiger partial charge in [-0.15, -0.1) is 0 Å². The summed E-state index contributed by atoms with van der Waals surface area (Å²) in [6.07, 6.45) is 2.51. The van der Waals surface area contributed by atoms with E-state index in [2.05, 4.69) is 28.0 Å². The minimum atomic E-state index is -0.813. The van der Waals surface area contributed by atoms with Crippen molar-refractivity contribution in [2.75, 3.05) is 0 Å². The molecule has 1 atom stereocenters. The first-order valence-electron chi connectivity index (χ1n) is 5.43. The summed E-state index contributed by atoms with van der Waals surface area (Å²) >= 11 is 3.41. The van der Waals surface area contributed by atoms with Crippen LogP contribution in [-0.4, -0.2) is 20.9 Å². The van der Waals surface area contributed by atoms with Gasteiger partial charge in [0.15, 0.2) is 0 Å². The van der Waals surface area contributed by atoms with Crippen molar-refractivity contribution in [3.63, 3.8) is 0 Å². The third-order valence-electron chi connectivity index (χ3n) is 2.65. The van der Waals surface area contributed by atoms with Crippen molar-refractivity contribution in [3.05, 3.63) is 15.9 Å². The molecule has 1 unspecified atom stereocenters. The number of hydrogen-bond acceptors (Lipinski definition) is 2. The van der Waals surface area contributed by atoms with E-state index in [0.29, 0.717) is 6.42 Å². The van der Waals surface area contributed by atoms with Crippen LogP contribution in [0.2, 0.25) is 0 Å². The van der Waals surface area contributed by atoms with Crippen LogP contribution >= 0.6 is 15.9 Å². The Morgan fingerprint density at radius 3 is 2.56 bits per heavy atom. The highest BCUT2D eigenvalue weighted by Gasteiger charge is 2.23. The number of halogens is 1. The third kappa shape index (κ3) is 2.64. The zero-order valence-corrected chi connectivity index (χ0v) is 11.4. The van der Waals surface area contributed by atoms with Crippen LogP contribution in [0.25, 0.3) is 0 Å². The van der Waals surface area contributed by atoms with Gasteiger partial charge in [-0.05, 0) is 36.2 Å². The van der Waals surface area contributed by atoms with Crippen molar-refractivity contribution < 1.29 is 9.90 Å². The standard InChI is InChI=1S/C11H17BrN2O2/c1-4-5-6-9(11(15)16)14-8(3)10(12)7(2)13-14/h9H,4-6H2,1-3H3,(H,15,16). The van der Waals surface area contributed by atoms with Crippen LogP contribution in [0, 0.1) is 13.8 Å². The second-order valence-corrected chi connectivity index (χ2v) is 4.72. The predicted molar refractivity (Wildman–Crippen MR) is 65.6 cm³/mol. The number of unbranched alkanes of at least 4 members (excludes halogenated alkanes) is 1. The van der Waals surface area contributed by atoms with E-state index in [1.165, 1.54) is 0 Å². The maximum Gasteiger partial charge on any atom is 0.328 e. The molecule has 90 valence electrons. The second-order valence-electron chi connectivity index (χ2n) is 3.93. The molecule has 16 heavy (non-hydrogen) atoms. The maximum absolute atomic E-state index is 11.2. The van der Waals surface area contributed by atoms with Crippen LogP contribution < -0.4 is 0 Å². The smallest absolute Gasteiger partial charge is 0.328 e. The summed E-state index contributed by atoms with van der Waals surface area (Å²) in [5.41, 5.74) is 1.71. The molecule has 1 rings (SSSR count). The van der Waals surface area contributed by atoms with Gasteiger partial charge in [-0.3, -0.25) is 4.68 Å². The zero-order chi connectivity index (χ0) is 12.3. The number of rotatable bonds is 5. The van der Waals surface area contributed by atoms with Crippen molar-refractivity contribution in [2.24, 2.45) is 0 Å². The van der Waals surface area contributed by atoms with Gasteiger partial charge >= 0.3 is 5.97 Å². The number of carbonyl (C=O) groups is 1. The van der Waals surface area contributed by atoms with Crippen molar-refractivity contribution in [1.82, 2.24) is 9.78 Å².